The molecule has 15 heavy (non-hydrogen) atoms. The van der Waals surface area contributed by atoms with Gasteiger partial charge in [0.25, 0.3) is 0 Å². The van der Waals surface area contributed by atoms with E-state index in [1.54, 1.807) is 10.7 Å². The molecule has 3 aromatic rings. The van der Waals surface area contributed by atoms with Crippen molar-refractivity contribution in [2.45, 2.75) is 0 Å². The summed E-state index contributed by atoms with van der Waals surface area (Å²) in [6, 6.07) is 3.82. The summed E-state index contributed by atoms with van der Waals surface area (Å²) in [4.78, 5) is 4.04. The van der Waals surface area contributed by atoms with Crippen molar-refractivity contribution in [1.29, 1.82) is 0 Å². The van der Waals surface area contributed by atoms with Crippen LogP contribution < -0.4 is 5.73 Å². The molecule has 0 unspecified atom stereocenters. The lowest BCUT2D eigenvalue weighted by Gasteiger charge is -1.96. The zero-order valence-corrected chi connectivity index (χ0v) is 7.75. The van der Waals surface area contributed by atoms with Crippen LogP contribution in [0, 0.1) is 0 Å². The van der Waals surface area contributed by atoms with Gasteiger partial charge < -0.3 is 5.73 Å². The zero-order valence-electron chi connectivity index (χ0n) is 7.75. The van der Waals surface area contributed by atoms with Gasteiger partial charge in [0.1, 0.15) is 0 Å². The third-order valence-corrected chi connectivity index (χ3v) is 2.18. The van der Waals surface area contributed by atoms with E-state index in [0.717, 1.165) is 16.8 Å². The Kier molecular flexibility index (Phi) is 1.49. The Morgan fingerprint density at radius 3 is 3.00 bits per heavy atom. The number of nitrogens with one attached hydrogen (secondary N) is 1. The number of nitrogens with zero attached hydrogens (tertiary/aromatic N) is 4. The van der Waals surface area contributed by atoms with Crippen molar-refractivity contribution < 1.29 is 0 Å². The van der Waals surface area contributed by atoms with Gasteiger partial charge in [-0.3, -0.25) is 5.10 Å². The minimum Gasteiger partial charge on any atom is -0.366 e. The molecule has 6 nitrogen and oxygen atoms in total. The summed E-state index contributed by atoms with van der Waals surface area (Å²) in [5.41, 5.74) is 8.25. The van der Waals surface area contributed by atoms with Crippen LogP contribution in [0.3, 0.4) is 0 Å². The van der Waals surface area contributed by atoms with Crippen molar-refractivity contribution in [2.75, 3.05) is 5.73 Å². The summed E-state index contributed by atoms with van der Waals surface area (Å²) in [5.74, 6) is 0.277. The second kappa shape index (κ2) is 2.81. The summed E-state index contributed by atoms with van der Waals surface area (Å²) in [6.45, 7) is 0. The van der Waals surface area contributed by atoms with Gasteiger partial charge >= 0.3 is 0 Å². The number of pyridine rings is 1. The molecule has 3 rings (SSSR count). The van der Waals surface area contributed by atoms with Gasteiger partial charge in [-0.1, -0.05) is 0 Å². The van der Waals surface area contributed by atoms with E-state index in [2.05, 4.69) is 20.3 Å². The lowest BCUT2D eigenvalue weighted by molar-refractivity contribution is 0.970. The van der Waals surface area contributed by atoms with Crippen molar-refractivity contribution >= 4 is 11.6 Å². The predicted octanol–water partition coefficient (Wildman–Crippen LogP) is 0.702. The number of anilines is 1. The number of H-pyrrole nitrogens is 1. The normalized spacial score (nSPS) is 10.9. The van der Waals surface area contributed by atoms with Gasteiger partial charge in [-0.05, 0) is 12.1 Å². The molecule has 74 valence electrons. The molecule has 0 radical (unpaired) electrons. The second-order valence-corrected chi connectivity index (χ2v) is 3.18. The van der Waals surface area contributed by atoms with Crippen molar-refractivity contribution in [3.05, 3.63) is 30.7 Å². The van der Waals surface area contributed by atoms with Crippen molar-refractivity contribution in [1.82, 2.24) is 24.8 Å². The molecular weight excluding hydrogens is 192 g/mol. The Bertz CT molecular complexity index is 594. The summed E-state index contributed by atoms with van der Waals surface area (Å²) in [5, 5.41) is 10.7. The number of nitrogen functional groups attached to an aromatic ring is 1. The van der Waals surface area contributed by atoms with Crippen LogP contribution in [0.5, 0.6) is 0 Å². The van der Waals surface area contributed by atoms with E-state index in [4.69, 9.17) is 5.73 Å². The van der Waals surface area contributed by atoms with E-state index in [-0.39, 0.29) is 5.95 Å². The van der Waals surface area contributed by atoms with Crippen LogP contribution in [-0.4, -0.2) is 24.8 Å². The SMILES string of the molecule is Nc1nc2ccc(-c3cn[nH]c3)cn2n1. The third kappa shape index (κ3) is 1.23. The molecule has 0 saturated heterocycles. The first-order valence-electron chi connectivity index (χ1n) is 4.44. The van der Waals surface area contributed by atoms with Crippen molar-refractivity contribution in [2.24, 2.45) is 0 Å². The molecule has 0 amide bonds. The van der Waals surface area contributed by atoms with E-state index in [0.29, 0.717) is 0 Å². The van der Waals surface area contributed by atoms with Gasteiger partial charge in [0, 0.05) is 23.5 Å². The van der Waals surface area contributed by atoms with Crippen LogP contribution in [0.25, 0.3) is 16.8 Å². The van der Waals surface area contributed by atoms with Gasteiger partial charge in [-0.15, -0.1) is 5.10 Å². The van der Waals surface area contributed by atoms with Gasteiger partial charge in [-0.2, -0.15) is 10.1 Å². The average molecular weight is 200 g/mol. The fourth-order valence-electron chi connectivity index (χ4n) is 1.48. The van der Waals surface area contributed by atoms with Gasteiger partial charge in [0.05, 0.1) is 6.20 Å². The maximum absolute atomic E-state index is 5.50. The number of rotatable bonds is 1. The number of hydrogen-bond acceptors (Lipinski definition) is 4. The molecule has 0 saturated carbocycles. The largest absolute Gasteiger partial charge is 0.366 e. The van der Waals surface area contributed by atoms with Gasteiger partial charge in [0.15, 0.2) is 5.65 Å². The molecular formula is C9H8N6. The highest BCUT2D eigenvalue weighted by atomic mass is 15.3. The Hall–Kier alpha value is -2.37. The first-order chi connectivity index (χ1) is 7.33. The van der Waals surface area contributed by atoms with E-state index >= 15 is 0 Å². The van der Waals surface area contributed by atoms with Crippen LogP contribution in [-0.2, 0) is 0 Å². The van der Waals surface area contributed by atoms with E-state index in [1.807, 2.05) is 24.5 Å². The van der Waals surface area contributed by atoms with Crippen LogP contribution in [0.2, 0.25) is 0 Å². The Balaban J connectivity index is 2.21. The molecule has 0 bridgehead atoms. The monoisotopic (exact) mass is 200 g/mol. The molecule has 0 atom stereocenters. The van der Waals surface area contributed by atoms with E-state index in [1.165, 1.54) is 0 Å². The van der Waals surface area contributed by atoms with Crippen LogP contribution in [0.1, 0.15) is 0 Å². The third-order valence-electron chi connectivity index (χ3n) is 2.18. The molecule has 0 aliphatic rings. The van der Waals surface area contributed by atoms with Crippen molar-refractivity contribution in [3.8, 4) is 11.1 Å². The maximum Gasteiger partial charge on any atom is 0.240 e. The van der Waals surface area contributed by atoms with Gasteiger partial charge in [0.2, 0.25) is 5.95 Å². The Morgan fingerprint density at radius 2 is 2.20 bits per heavy atom. The summed E-state index contributed by atoms with van der Waals surface area (Å²) < 4.78 is 1.65. The fraction of sp³-hybridized carbons (Fsp3) is 0. The number of aromatic nitrogens is 5. The Labute approximate surface area is 84.8 Å². The highest BCUT2D eigenvalue weighted by molar-refractivity contribution is 5.62. The fourth-order valence-corrected chi connectivity index (χ4v) is 1.48. The molecule has 3 N–H and O–H groups in total. The minimum atomic E-state index is 0.277. The smallest absolute Gasteiger partial charge is 0.240 e. The number of hydrogen-bond donors (Lipinski definition) is 2. The molecule has 0 aliphatic carbocycles. The molecule has 0 spiro atoms. The minimum absolute atomic E-state index is 0.277. The molecule has 3 aromatic heterocycles. The lowest BCUT2D eigenvalue weighted by Crippen LogP contribution is -1.89. The standard InChI is InChI=1S/C9H8N6/c10-9-13-8-2-1-6(5-15(8)14-9)7-3-11-12-4-7/h1-5H,(H2,10,14)(H,11,12). The van der Waals surface area contributed by atoms with Crippen molar-refractivity contribution in [3.63, 3.8) is 0 Å². The second-order valence-electron chi connectivity index (χ2n) is 3.18. The predicted molar refractivity (Wildman–Crippen MR) is 55.0 cm³/mol. The molecule has 6 heteroatoms. The molecule has 0 aromatic carbocycles. The lowest BCUT2D eigenvalue weighted by atomic mass is 10.2. The number of aromatic amines is 1. The van der Waals surface area contributed by atoms with Crippen LogP contribution >= 0.6 is 0 Å². The molecule has 0 aliphatic heterocycles. The summed E-state index contributed by atoms with van der Waals surface area (Å²) in [7, 11) is 0. The van der Waals surface area contributed by atoms with Crippen LogP contribution in [0.15, 0.2) is 30.7 Å². The maximum atomic E-state index is 5.50. The highest BCUT2D eigenvalue weighted by Crippen LogP contribution is 2.17. The Morgan fingerprint density at radius 1 is 1.27 bits per heavy atom. The van der Waals surface area contributed by atoms with E-state index in [9.17, 15) is 0 Å². The topological polar surface area (TPSA) is 84.9 Å². The van der Waals surface area contributed by atoms with Gasteiger partial charge in [-0.25, -0.2) is 4.52 Å². The molecule has 3 heterocycles. The quantitative estimate of drug-likeness (QED) is 0.605. The van der Waals surface area contributed by atoms with E-state index < -0.39 is 0 Å². The number of nitrogens with two attached hydrogens (primary N) is 1. The molecule has 0 fully saturated rings. The number of fused-ring (bicyclic) bond motifs is 1. The summed E-state index contributed by atoms with van der Waals surface area (Å²) >= 11 is 0. The first kappa shape index (κ1) is 7.98. The highest BCUT2D eigenvalue weighted by Gasteiger charge is 2.03. The van der Waals surface area contributed by atoms with Crippen LogP contribution in [0.4, 0.5) is 5.95 Å². The first-order valence-corrected chi connectivity index (χ1v) is 4.44. The zero-order chi connectivity index (χ0) is 10.3. The average Bonchev–Trinajstić information content (AvgIpc) is 2.82. The summed E-state index contributed by atoms with van der Waals surface area (Å²) in [6.07, 6.45) is 5.44.